The Hall–Kier alpha value is 1.90. The summed E-state index contributed by atoms with van der Waals surface area (Å²) >= 11 is 0. The van der Waals surface area contributed by atoms with E-state index in [1.54, 1.807) is 0 Å². The van der Waals surface area contributed by atoms with Gasteiger partial charge in [0.25, 0.3) is 0 Å². The molecule has 7 heavy (non-hydrogen) atoms. The first-order chi connectivity index (χ1) is 2.27. The molecule has 0 unspecified atom stereocenters. The molecule has 4 nitrogen and oxygen atoms in total. The van der Waals surface area contributed by atoms with E-state index in [2.05, 4.69) is 10.7 Å². The average Bonchev–Trinajstić information content (AvgIpc) is 1.38. The first-order valence-corrected chi connectivity index (χ1v) is 0.943. The summed E-state index contributed by atoms with van der Waals surface area (Å²) in [5, 5.41) is 18.0. The molecule has 0 rings (SSSR count). The van der Waals surface area contributed by atoms with Gasteiger partial charge in [-0.2, -0.15) is 0 Å². The second-order valence-corrected chi connectivity index (χ2v) is 0.425. The van der Waals surface area contributed by atoms with E-state index in [1.807, 2.05) is 0 Å². The van der Waals surface area contributed by atoms with Gasteiger partial charge in [-0.05, 0) is 0 Å². The molecule has 0 atom stereocenters. The first-order valence-electron chi connectivity index (χ1n) is 0.943. The molecule has 0 aliphatic rings. The van der Waals surface area contributed by atoms with Crippen molar-refractivity contribution in [1.29, 1.82) is 0 Å². The van der Waals surface area contributed by atoms with Gasteiger partial charge in [0.1, 0.15) is 0 Å². The Morgan fingerprint density at radius 3 is 1.43 bits per heavy atom. The zero-order chi connectivity index (χ0) is 4.28. The number of nitrogens with two attached hydrogens (primary N) is 1. The third-order valence-corrected chi connectivity index (χ3v) is 0.111. The van der Waals surface area contributed by atoms with Gasteiger partial charge in [0.2, 0.25) is 0 Å². The number of rotatable bonds is 1. The monoisotopic (exact) mass is 121 g/mol. The molecule has 0 saturated heterocycles. The van der Waals surface area contributed by atoms with Crippen LogP contribution in [0.5, 0.6) is 0 Å². The minimum atomic E-state index is -2.34. The van der Waals surface area contributed by atoms with Crippen LogP contribution in [0.1, 0.15) is 0 Å². The van der Waals surface area contributed by atoms with E-state index < -0.39 is 7.32 Å². The van der Waals surface area contributed by atoms with E-state index in [4.69, 9.17) is 10.0 Å². The van der Waals surface area contributed by atoms with Crippen molar-refractivity contribution in [2.75, 3.05) is 0 Å². The van der Waals surface area contributed by atoms with Crippen molar-refractivity contribution in [2.24, 2.45) is 5.90 Å². The maximum absolute atomic E-state index is 8.99. The molecule has 0 spiro atoms. The largest absolute Gasteiger partial charge is 1.00 e. The predicted molar refractivity (Wildman–Crippen MR) is 11.0 cm³/mol. The van der Waals surface area contributed by atoms with Gasteiger partial charge in [-0.25, -0.2) is 5.90 Å². The molecule has 0 radical (unpaired) electrons. The van der Waals surface area contributed by atoms with Crippen LogP contribution in [0.3, 0.4) is 0 Å². The fraction of sp³-hybridized carbons (Fsp3) is 0. The van der Waals surface area contributed by atoms with Crippen molar-refractivity contribution in [3.63, 3.8) is 0 Å². The molecule has 0 aromatic carbocycles. The molecule has 0 aliphatic carbocycles. The predicted octanol–water partition coefficient (Wildman–Crippen LogP) is -9.41. The fourth-order valence-corrected chi connectivity index (χ4v) is 0. The smallest absolute Gasteiger partial charge is 0.869 e. The van der Waals surface area contributed by atoms with Crippen LogP contribution in [0.2, 0.25) is 0 Å². The molecule has 0 aliphatic heterocycles. The van der Waals surface area contributed by atoms with Gasteiger partial charge >= 0.3 is 59.1 Å². The van der Waals surface area contributed by atoms with Crippen LogP contribution in [0.25, 0.3) is 0 Å². The number of hydrogen-bond acceptors (Lipinski definition) is 4. The summed E-state index contributed by atoms with van der Waals surface area (Å²) in [6.07, 6.45) is 0. The van der Waals surface area contributed by atoms with E-state index >= 15 is 0 Å². The van der Waals surface area contributed by atoms with E-state index in [-0.39, 0.29) is 59.1 Å². The van der Waals surface area contributed by atoms with Crippen LogP contribution in [-0.4, -0.2) is 7.32 Å². The van der Waals surface area contributed by atoms with Crippen molar-refractivity contribution >= 4 is 7.32 Å². The Morgan fingerprint density at radius 1 is 1.29 bits per heavy atom. The van der Waals surface area contributed by atoms with Crippen LogP contribution in [0, 0.1) is 0 Å². The Labute approximate surface area is 86.1 Å². The standard InChI is InChI=1S/BH2NO3.2Na/c2-5-1(3)4;;/h2H2;;/q-2;2*+1. The maximum atomic E-state index is 8.99. The normalized spacial score (nSPS) is 5.57. The molecule has 0 fully saturated rings. The third kappa shape index (κ3) is 18.1. The Bertz CT molecular complexity index is 26.9. The topological polar surface area (TPSA) is 81.4 Å². The molecule has 7 heteroatoms. The molecule has 0 saturated carbocycles. The van der Waals surface area contributed by atoms with Gasteiger partial charge < -0.3 is 14.8 Å². The maximum Gasteiger partial charge on any atom is 1.00 e. The van der Waals surface area contributed by atoms with Crippen LogP contribution in [0.4, 0.5) is 0 Å². The summed E-state index contributed by atoms with van der Waals surface area (Å²) < 4.78 is 3.14. The summed E-state index contributed by atoms with van der Waals surface area (Å²) in [6, 6.07) is 0. The fourth-order valence-electron chi connectivity index (χ4n) is 0. The van der Waals surface area contributed by atoms with E-state index in [1.165, 1.54) is 0 Å². The van der Waals surface area contributed by atoms with Crippen LogP contribution >= 0.6 is 0 Å². The molecule has 0 heterocycles. The molecular weight excluding hydrogens is 119 g/mol. The van der Waals surface area contributed by atoms with Gasteiger partial charge in [0.15, 0.2) is 0 Å². The Kier molecular flexibility index (Phi) is 24.6. The van der Waals surface area contributed by atoms with Crippen molar-refractivity contribution in [2.45, 2.75) is 0 Å². The van der Waals surface area contributed by atoms with Gasteiger partial charge in [0, 0.05) is 0 Å². The number of hydrogen-bond donors (Lipinski definition) is 1. The second-order valence-electron chi connectivity index (χ2n) is 0.425. The quantitative estimate of drug-likeness (QED) is 0.275. The molecule has 0 amide bonds. The van der Waals surface area contributed by atoms with Crippen molar-refractivity contribution < 1.29 is 73.9 Å². The zero-order valence-corrected chi connectivity index (χ0v) is 8.38. The Morgan fingerprint density at radius 2 is 1.43 bits per heavy atom. The Balaban J connectivity index is -0.0000000800. The minimum absolute atomic E-state index is 0. The summed E-state index contributed by atoms with van der Waals surface area (Å²) in [7, 11) is -2.34. The van der Waals surface area contributed by atoms with Gasteiger partial charge in [-0.3, -0.25) is 0 Å². The summed E-state index contributed by atoms with van der Waals surface area (Å²) in [5.41, 5.74) is 0. The van der Waals surface area contributed by atoms with Crippen molar-refractivity contribution in [3.8, 4) is 0 Å². The summed E-state index contributed by atoms with van der Waals surface area (Å²) in [5.74, 6) is 4.05. The van der Waals surface area contributed by atoms with Gasteiger partial charge in [-0.15, -0.1) is 0 Å². The second kappa shape index (κ2) is 10.8. The van der Waals surface area contributed by atoms with Gasteiger partial charge in [0.05, 0.1) is 7.32 Å². The molecule has 30 valence electrons. The molecular formula is H2BNNa2O3. The van der Waals surface area contributed by atoms with Crippen molar-refractivity contribution in [3.05, 3.63) is 0 Å². The average molecular weight is 121 g/mol. The van der Waals surface area contributed by atoms with E-state index in [9.17, 15) is 0 Å². The van der Waals surface area contributed by atoms with E-state index in [0.717, 1.165) is 0 Å². The van der Waals surface area contributed by atoms with E-state index in [0.29, 0.717) is 0 Å². The van der Waals surface area contributed by atoms with Gasteiger partial charge in [-0.1, -0.05) is 0 Å². The molecule has 0 aromatic rings. The summed E-state index contributed by atoms with van der Waals surface area (Å²) in [4.78, 5) is 0. The SMILES string of the molecule is NOB([O-])[O-].[Na+].[Na+]. The molecule has 0 aromatic heterocycles. The minimum Gasteiger partial charge on any atom is -0.869 e. The van der Waals surface area contributed by atoms with Crippen LogP contribution < -0.4 is 75.1 Å². The zero-order valence-electron chi connectivity index (χ0n) is 4.38. The third-order valence-electron chi connectivity index (χ3n) is 0.111. The first kappa shape index (κ1) is 16.0. The summed E-state index contributed by atoms with van der Waals surface area (Å²) in [6.45, 7) is 0. The molecule has 0 bridgehead atoms. The van der Waals surface area contributed by atoms with Crippen LogP contribution in [0.15, 0.2) is 0 Å². The molecule has 2 N–H and O–H groups in total. The van der Waals surface area contributed by atoms with Crippen molar-refractivity contribution in [1.82, 2.24) is 0 Å². The van der Waals surface area contributed by atoms with Crippen LogP contribution in [-0.2, 0) is 4.76 Å².